The molecule has 0 unspecified atom stereocenters. The van der Waals surface area contributed by atoms with Gasteiger partial charge in [0, 0.05) is 0 Å². The fourth-order valence-corrected chi connectivity index (χ4v) is 3.08. The van der Waals surface area contributed by atoms with Gasteiger partial charge in [-0.15, -0.1) is 0 Å². The van der Waals surface area contributed by atoms with Crippen LogP contribution in [0, 0.1) is 0 Å². The van der Waals surface area contributed by atoms with E-state index in [1.165, 1.54) is 11.1 Å². The van der Waals surface area contributed by atoms with Gasteiger partial charge in [-0.25, -0.2) is 0 Å². The smallest absolute Gasteiger partial charge is 0.250 e. The highest BCUT2D eigenvalue weighted by Crippen LogP contribution is 2.37. The third kappa shape index (κ3) is 5.71. The Balaban J connectivity index is 3.09. The SMILES string of the molecule is CCC(=CC=C(Br)Br)c1cccc(O[Si](C)(C)C(C)(C)C)c1. The number of hydrogen-bond donors (Lipinski definition) is 0. The average Bonchev–Trinajstić information content (AvgIpc) is 2.37. The molecule has 0 saturated heterocycles. The van der Waals surface area contributed by atoms with E-state index >= 15 is 0 Å². The molecule has 0 N–H and O–H groups in total. The first-order valence-corrected chi connectivity index (χ1v) is 12.1. The van der Waals surface area contributed by atoms with Crippen molar-refractivity contribution in [3.8, 4) is 5.75 Å². The molecular formula is C18H26Br2OSi. The molecule has 0 aromatic heterocycles. The third-order valence-corrected chi connectivity index (χ3v) is 9.06. The maximum Gasteiger partial charge on any atom is 0.250 e. The summed E-state index contributed by atoms with van der Waals surface area (Å²) < 4.78 is 7.35. The summed E-state index contributed by atoms with van der Waals surface area (Å²) >= 11 is 6.79. The lowest BCUT2D eigenvalue weighted by Crippen LogP contribution is -2.43. The Labute approximate surface area is 153 Å². The Hall–Kier alpha value is -0.323. The quantitative estimate of drug-likeness (QED) is 0.336. The van der Waals surface area contributed by atoms with Crippen molar-refractivity contribution in [2.24, 2.45) is 0 Å². The van der Waals surface area contributed by atoms with Crippen LogP contribution in [0.25, 0.3) is 5.57 Å². The van der Waals surface area contributed by atoms with Crippen LogP contribution < -0.4 is 4.43 Å². The van der Waals surface area contributed by atoms with Gasteiger partial charge in [0.15, 0.2) is 0 Å². The van der Waals surface area contributed by atoms with E-state index in [0.29, 0.717) is 0 Å². The molecule has 0 fully saturated rings. The van der Waals surface area contributed by atoms with Crippen LogP contribution in [-0.2, 0) is 0 Å². The molecule has 0 aliphatic heterocycles. The summed E-state index contributed by atoms with van der Waals surface area (Å²) in [6, 6.07) is 8.44. The Morgan fingerprint density at radius 2 is 1.82 bits per heavy atom. The van der Waals surface area contributed by atoms with E-state index in [-0.39, 0.29) is 5.04 Å². The molecule has 0 bridgehead atoms. The number of halogens is 2. The number of allylic oxidation sites excluding steroid dienone is 3. The summed E-state index contributed by atoms with van der Waals surface area (Å²) in [5.41, 5.74) is 2.51. The van der Waals surface area contributed by atoms with Crippen molar-refractivity contribution in [1.82, 2.24) is 0 Å². The lowest BCUT2D eigenvalue weighted by atomic mass is 10.0. The van der Waals surface area contributed by atoms with Crippen LogP contribution in [0.5, 0.6) is 5.75 Å². The molecule has 0 atom stereocenters. The van der Waals surface area contributed by atoms with Gasteiger partial charge in [0.1, 0.15) is 5.75 Å². The van der Waals surface area contributed by atoms with Gasteiger partial charge in [0.25, 0.3) is 0 Å². The number of benzene rings is 1. The van der Waals surface area contributed by atoms with E-state index < -0.39 is 8.32 Å². The zero-order valence-corrected chi connectivity index (χ0v) is 18.5. The highest BCUT2D eigenvalue weighted by atomic mass is 79.9. The molecule has 0 amide bonds. The Morgan fingerprint density at radius 1 is 1.18 bits per heavy atom. The molecule has 0 heterocycles. The van der Waals surface area contributed by atoms with E-state index in [2.05, 4.69) is 103 Å². The van der Waals surface area contributed by atoms with Gasteiger partial charge in [-0.3, -0.25) is 0 Å². The van der Waals surface area contributed by atoms with Gasteiger partial charge in [0.05, 0.1) is 3.39 Å². The number of rotatable bonds is 5. The van der Waals surface area contributed by atoms with Gasteiger partial charge < -0.3 is 4.43 Å². The van der Waals surface area contributed by atoms with Gasteiger partial charge in [-0.1, -0.05) is 45.9 Å². The van der Waals surface area contributed by atoms with Crippen LogP contribution in [0.3, 0.4) is 0 Å². The van der Waals surface area contributed by atoms with E-state index in [9.17, 15) is 0 Å². The largest absolute Gasteiger partial charge is 0.543 e. The predicted molar refractivity (Wildman–Crippen MR) is 108 cm³/mol. The molecule has 1 aromatic rings. The van der Waals surface area contributed by atoms with Crippen LogP contribution >= 0.6 is 31.9 Å². The van der Waals surface area contributed by atoms with Crippen LogP contribution in [0.2, 0.25) is 18.1 Å². The first-order chi connectivity index (χ1) is 10.1. The molecule has 4 heteroatoms. The zero-order chi connectivity index (χ0) is 17.0. The van der Waals surface area contributed by atoms with E-state index in [1.807, 2.05) is 6.08 Å². The van der Waals surface area contributed by atoms with Gasteiger partial charge >= 0.3 is 0 Å². The average molecular weight is 446 g/mol. The summed E-state index contributed by atoms with van der Waals surface area (Å²) in [6.07, 6.45) is 5.12. The molecule has 0 aliphatic rings. The third-order valence-electron chi connectivity index (χ3n) is 4.18. The second kappa shape index (κ2) is 7.98. The Bertz CT molecular complexity index is 565. The molecular weight excluding hydrogens is 420 g/mol. The standard InChI is InChI=1S/C18H26Br2OSi/c1-7-14(11-12-17(19)20)15-9-8-10-16(13-15)21-22(5,6)18(2,3)4/h8-13H,7H2,1-6H3. The predicted octanol–water partition coefficient (Wildman–Crippen LogP) is 7.50. The lowest BCUT2D eigenvalue weighted by Gasteiger charge is -2.36. The summed E-state index contributed by atoms with van der Waals surface area (Å²) in [4.78, 5) is 0. The highest BCUT2D eigenvalue weighted by molar-refractivity contribution is 9.28. The minimum atomic E-state index is -1.80. The molecule has 0 spiro atoms. The molecule has 122 valence electrons. The van der Waals surface area contributed by atoms with Gasteiger partial charge in [-0.2, -0.15) is 0 Å². The zero-order valence-electron chi connectivity index (χ0n) is 14.3. The molecule has 0 aliphatic carbocycles. The summed E-state index contributed by atoms with van der Waals surface area (Å²) in [5, 5.41) is 0.204. The van der Waals surface area contributed by atoms with Crippen LogP contribution in [0.4, 0.5) is 0 Å². The number of hydrogen-bond acceptors (Lipinski definition) is 1. The maximum atomic E-state index is 6.40. The van der Waals surface area contributed by atoms with Gasteiger partial charge in [0.2, 0.25) is 8.32 Å². The van der Waals surface area contributed by atoms with Crippen molar-refractivity contribution in [3.63, 3.8) is 0 Å². The van der Waals surface area contributed by atoms with Gasteiger partial charge in [-0.05, 0) is 85.8 Å². The van der Waals surface area contributed by atoms with Crippen molar-refractivity contribution in [1.29, 1.82) is 0 Å². The lowest BCUT2D eigenvalue weighted by molar-refractivity contribution is 0.492. The van der Waals surface area contributed by atoms with E-state index in [0.717, 1.165) is 15.6 Å². The molecule has 22 heavy (non-hydrogen) atoms. The minimum Gasteiger partial charge on any atom is -0.543 e. The molecule has 1 rings (SSSR count). The second-order valence-electron chi connectivity index (χ2n) is 6.89. The van der Waals surface area contributed by atoms with Crippen LogP contribution in [0.1, 0.15) is 39.7 Å². The van der Waals surface area contributed by atoms with E-state index in [1.54, 1.807) is 0 Å². The Morgan fingerprint density at radius 3 is 2.32 bits per heavy atom. The second-order valence-corrected chi connectivity index (χ2v) is 14.4. The van der Waals surface area contributed by atoms with Crippen LogP contribution in [0.15, 0.2) is 39.8 Å². The highest BCUT2D eigenvalue weighted by Gasteiger charge is 2.38. The molecule has 0 radical (unpaired) electrons. The van der Waals surface area contributed by atoms with Crippen molar-refractivity contribution < 1.29 is 4.43 Å². The summed E-state index contributed by atoms with van der Waals surface area (Å²) in [6.45, 7) is 13.5. The monoisotopic (exact) mass is 444 g/mol. The Kier molecular flexibility index (Phi) is 7.15. The van der Waals surface area contributed by atoms with Crippen LogP contribution in [-0.4, -0.2) is 8.32 Å². The topological polar surface area (TPSA) is 9.23 Å². The summed E-state index contributed by atoms with van der Waals surface area (Å²) in [5.74, 6) is 0.977. The molecule has 1 nitrogen and oxygen atoms in total. The van der Waals surface area contributed by atoms with Crippen molar-refractivity contribution in [2.45, 2.75) is 52.2 Å². The fourth-order valence-electron chi connectivity index (χ4n) is 1.79. The molecule has 0 saturated carbocycles. The van der Waals surface area contributed by atoms with Crippen molar-refractivity contribution >= 4 is 45.8 Å². The van der Waals surface area contributed by atoms with E-state index in [4.69, 9.17) is 4.43 Å². The van der Waals surface area contributed by atoms with Crippen molar-refractivity contribution in [3.05, 3.63) is 45.4 Å². The first-order valence-electron chi connectivity index (χ1n) is 7.58. The first kappa shape index (κ1) is 19.7. The van der Waals surface area contributed by atoms with Crippen molar-refractivity contribution in [2.75, 3.05) is 0 Å². The maximum absolute atomic E-state index is 6.40. The normalized spacial score (nSPS) is 13.0. The fraction of sp³-hybridized carbons (Fsp3) is 0.444. The minimum absolute atomic E-state index is 0.204. The molecule has 1 aromatic carbocycles. The summed E-state index contributed by atoms with van der Waals surface area (Å²) in [7, 11) is -1.80.